The molecule has 0 radical (unpaired) electrons. The highest BCUT2D eigenvalue weighted by atomic mass is 32.1. The first-order valence-corrected chi connectivity index (χ1v) is 7.73. The minimum Gasteiger partial charge on any atom is -0.283 e. The second-order valence-electron chi connectivity index (χ2n) is 4.54. The predicted octanol–water partition coefficient (Wildman–Crippen LogP) is 2.63. The normalized spacial score (nSPS) is 14.6. The molecule has 2 amide bonds. The Morgan fingerprint density at radius 3 is 2.24 bits per heavy atom. The van der Waals surface area contributed by atoms with Gasteiger partial charge in [0.05, 0.1) is 4.88 Å². The highest BCUT2D eigenvalue weighted by Crippen LogP contribution is 2.19. The average Bonchev–Trinajstić information content (AvgIpc) is 3.16. The van der Waals surface area contributed by atoms with Crippen molar-refractivity contribution in [3.05, 3.63) is 58.3 Å². The van der Waals surface area contributed by atoms with Crippen LogP contribution < -0.4 is 0 Å². The molecule has 1 fully saturated rings. The van der Waals surface area contributed by atoms with Crippen LogP contribution in [0.25, 0.3) is 0 Å². The molecule has 1 aliphatic heterocycles. The molecule has 0 unspecified atom stereocenters. The van der Waals surface area contributed by atoms with E-state index < -0.39 is 0 Å². The molecule has 0 atom stereocenters. The number of thiocarbonyl (C=S) groups is 1. The Hall–Kier alpha value is -2.05. The van der Waals surface area contributed by atoms with E-state index in [2.05, 4.69) is 0 Å². The second-order valence-corrected chi connectivity index (χ2v) is 5.85. The van der Waals surface area contributed by atoms with Gasteiger partial charge in [-0.1, -0.05) is 24.3 Å². The Morgan fingerprint density at radius 1 is 0.952 bits per heavy atom. The maximum Gasteiger partial charge on any atom is 0.270 e. The number of rotatable bonds is 2. The molecule has 0 bridgehead atoms. The molecule has 2 aromatic rings. The average molecular weight is 316 g/mol. The summed E-state index contributed by atoms with van der Waals surface area (Å²) in [6.07, 6.45) is 0. The maximum absolute atomic E-state index is 12.4. The van der Waals surface area contributed by atoms with Crippen molar-refractivity contribution in [3.8, 4) is 0 Å². The molecule has 0 spiro atoms. The van der Waals surface area contributed by atoms with Gasteiger partial charge in [-0.15, -0.1) is 11.3 Å². The first-order valence-electron chi connectivity index (χ1n) is 6.45. The van der Waals surface area contributed by atoms with Gasteiger partial charge < -0.3 is 0 Å². The van der Waals surface area contributed by atoms with Gasteiger partial charge in [-0.05, 0) is 35.8 Å². The third-order valence-electron chi connectivity index (χ3n) is 3.25. The van der Waals surface area contributed by atoms with Gasteiger partial charge in [-0.2, -0.15) is 0 Å². The summed E-state index contributed by atoms with van der Waals surface area (Å²) in [5.74, 6) is -0.305. The summed E-state index contributed by atoms with van der Waals surface area (Å²) in [6, 6.07) is 12.5. The predicted molar refractivity (Wildman–Crippen MR) is 85.4 cm³/mol. The number of hydrogen-bond acceptors (Lipinski definition) is 4. The van der Waals surface area contributed by atoms with Gasteiger partial charge >= 0.3 is 0 Å². The Kier molecular flexibility index (Phi) is 3.81. The van der Waals surface area contributed by atoms with E-state index in [1.54, 1.807) is 30.3 Å². The van der Waals surface area contributed by atoms with Crippen LogP contribution in [0.1, 0.15) is 20.0 Å². The van der Waals surface area contributed by atoms with E-state index in [1.807, 2.05) is 17.5 Å². The molecule has 4 nitrogen and oxygen atoms in total. The molecule has 106 valence electrons. The van der Waals surface area contributed by atoms with Crippen molar-refractivity contribution in [1.29, 1.82) is 0 Å². The fourth-order valence-corrected chi connectivity index (χ4v) is 3.20. The van der Waals surface area contributed by atoms with E-state index in [4.69, 9.17) is 12.2 Å². The third kappa shape index (κ3) is 2.59. The third-order valence-corrected chi connectivity index (χ3v) is 4.55. The van der Waals surface area contributed by atoms with Crippen molar-refractivity contribution in [3.63, 3.8) is 0 Å². The van der Waals surface area contributed by atoms with Crippen molar-refractivity contribution in [2.75, 3.05) is 13.1 Å². The summed E-state index contributed by atoms with van der Waals surface area (Å²) in [5, 5.41) is 2.13. The largest absolute Gasteiger partial charge is 0.283 e. The van der Waals surface area contributed by atoms with Gasteiger partial charge in [-0.25, -0.2) is 0 Å². The van der Waals surface area contributed by atoms with E-state index in [1.165, 1.54) is 21.1 Å². The number of carbonyl (C=O) groups excluding carboxylic acids is 2. The molecule has 1 saturated heterocycles. The SMILES string of the molecule is O=C(c1ccccc1)N1CCN(C(=O)c2cccs2)C1=S. The zero-order valence-corrected chi connectivity index (χ0v) is 12.7. The second kappa shape index (κ2) is 5.75. The van der Waals surface area contributed by atoms with E-state index in [9.17, 15) is 9.59 Å². The monoisotopic (exact) mass is 316 g/mol. The van der Waals surface area contributed by atoms with Crippen LogP contribution in [0.15, 0.2) is 47.8 Å². The summed E-state index contributed by atoms with van der Waals surface area (Å²) >= 11 is 6.67. The van der Waals surface area contributed by atoms with Crippen LogP contribution in [-0.2, 0) is 0 Å². The van der Waals surface area contributed by atoms with Crippen LogP contribution in [0.4, 0.5) is 0 Å². The van der Waals surface area contributed by atoms with E-state index in [-0.39, 0.29) is 16.9 Å². The van der Waals surface area contributed by atoms with Crippen LogP contribution in [0.5, 0.6) is 0 Å². The summed E-state index contributed by atoms with van der Waals surface area (Å²) in [7, 11) is 0. The number of benzene rings is 1. The quantitative estimate of drug-likeness (QED) is 0.800. The summed E-state index contributed by atoms with van der Waals surface area (Å²) in [6.45, 7) is 0.873. The minimum absolute atomic E-state index is 0.140. The van der Waals surface area contributed by atoms with Crippen LogP contribution in [0.3, 0.4) is 0 Å². The summed E-state index contributed by atoms with van der Waals surface area (Å²) < 4.78 is 0. The number of nitrogens with zero attached hydrogens (tertiary/aromatic N) is 2. The van der Waals surface area contributed by atoms with Crippen LogP contribution in [-0.4, -0.2) is 39.8 Å². The lowest BCUT2D eigenvalue weighted by Gasteiger charge is -2.18. The van der Waals surface area contributed by atoms with Crippen LogP contribution in [0, 0.1) is 0 Å². The van der Waals surface area contributed by atoms with Crippen molar-refractivity contribution >= 4 is 40.5 Å². The molecule has 1 aliphatic rings. The zero-order valence-electron chi connectivity index (χ0n) is 11.1. The molecule has 1 aromatic heterocycles. The van der Waals surface area contributed by atoms with Gasteiger partial charge in [0.25, 0.3) is 11.8 Å². The lowest BCUT2D eigenvalue weighted by molar-refractivity contribution is 0.0859. The lowest BCUT2D eigenvalue weighted by atomic mass is 10.2. The highest BCUT2D eigenvalue weighted by molar-refractivity contribution is 7.80. The Morgan fingerprint density at radius 2 is 1.62 bits per heavy atom. The standard InChI is InChI=1S/C15H12N2O2S2/c18-13(11-5-2-1-3-6-11)16-8-9-17(15(16)20)14(19)12-7-4-10-21-12/h1-7,10H,8-9H2. The van der Waals surface area contributed by atoms with Crippen molar-refractivity contribution in [2.45, 2.75) is 0 Å². The molecule has 1 aromatic carbocycles. The van der Waals surface area contributed by atoms with Gasteiger partial charge in [0.15, 0.2) is 5.11 Å². The zero-order chi connectivity index (χ0) is 14.8. The van der Waals surface area contributed by atoms with E-state index in [0.29, 0.717) is 23.5 Å². The maximum atomic E-state index is 12.4. The molecular weight excluding hydrogens is 304 g/mol. The molecular formula is C15H12N2O2S2. The summed E-state index contributed by atoms with van der Waals surface area (Å²) in [4.78, 5) is 28.4. The lowest BCUT2D eigenvalue weighted by Crippen LogP contribution is -2.38. The molecule has 21 heavy (non-hydrogen) atoms. The van der Waals surface area contributed by atoms with Gasteiger partial charge in [0, 0.05) is 18.7 Å². The van der Waals surface area contributed by atoms with Gasteiger partial charge in [0.1, 0.15) is 0 Å². The minimum atomic E-state index is -0.165. The molecule has 0 aliphatic carbocycles. The van der Waals surface area contributed by atoms with Crippen LogP contribution >= 0.6 is 23.6 Å². The van der Waals surface area contributed by atoms with Crippen molar-refractivity contribution in [2.24, 2.45) is 0 Å². The molecule has 0 N–H and O–H groups in total. The van der Waals surface area contributed by atoms with Crippen LogP contribution in [0.2, 0.25) is 0 Å². The van der Waals surface area contributed by atoms with E-state index in [0.717, 1.165) is 0 Å². The van der Waals surface area contributed by atoms with Crippen molar-refractivity contribution < 1.29 is 9.59 Å². The molecule has 3 rings (SSSR count). The fourth-order valence-electron chi connectivity index (χ4n) is 2.18. The number of thiophene rings is 1. The Bertz CT molecular complexity index is 683. The number of hydrogen-bond donors (Lipinski definition) is 0. The van der Waals surface area contributed by atoms with Gasteiger partial charge in [0.2, 0.25) is 0 Å². The topological polar surface area (TPSA) is 40.6 Å². The molecule has 2 heterocycles. The smallest absolute Gasteiger partial charge is 0.270 e. The number of amides is 2. The first kappa shape index (κ1) is 13.9. The molecule has 6 heteroatoms. The van der Waals surface area contributed by atoms with Gasteiger partial charge in [-0.3, -0.25) is 19.4 Å². The van der Waals surface area contributed by atoms with Crippen molar-refractivity contribution in [1.82, 2.24) is 9.80 Å². The Balaban J connectivity index is 1.78. The fraction of sp³-hybridized carbons (Fsp3) is 0.133. The summed E-state index contributed by atoms with van der Waals surface area (Å²) in [5.41, 5.74) is 0.574. The number of carbonyl (C=O) groups is 2. The highest BCUT2D eigenvalue weighted by Gasteiger charge is 2.34. The first-order chi connectivity index (χ1) is 10.2. The Labute approximate surface area is 131 Å². The van der Waals surface area contributed by atoms with E-state index >= 15 is 0 Å². The molecule has 0 saturated carbocycles.